The van der Waals surface area contributed by atoms with Crippen LogP contribution in [0.3, 0.4) is 0 Å². The molecule has 2 N–H and O–H groups in total. The zero-order valence-corrected chi connectivity index (χ0v) is 12.3. The number of hydrogen-bond donors (Lipinski definition) is 1. The van der Waals surface area contributed by atoms with E-state index in [0.717, 1.165) is 37.0 Å². The largest absolute Gasteiger partial charge is 0.394 e. The molecule has 1 aromatic carbocycles. The molecule has 0 atom stereocenters. The van der Waals surface area contributed by atoms with Crippen molar-refractivity contribution >= 4 is 17.3 Å². The highest BCUT2D eigenvalue weighted by molar-refractivity contribution is 6.30. The third-order valence-corrected chi connectivity index (χ3v) is 3.02. The van der Waals surface area contributed by atoms with E-state index in [-0.39, 0.29) is 0 Å². The molecule has 4 nitrogen and oxygen atoms in total. The summed E-state index contributed by atoms with van der Waals surface area (Å²) in [5.41, 5.74) is 7.29. The number of oxime groups is 1. The molecule has 0 aliphatic rings. The summed E-state index contributed by atoms with van der Waals surface area (Å²) < 4.78 is 0. The summed E-state index contributed by atoms with van der Waals surface area (Å²) >= 11 is 5.89. The molecular formula is C15H20ClN3O. The van der Waals surface area contributed by atoms with E-state index in [1.54, 1.807) is 0 Å². The monoisotopic (exact) mass is 293 g/mol. The molecule has 0 aromatic heterocycles. The molecule has 0 saturated carbocycles. The predicted octanol–water partition coefficient (Wildman–Crippen LogP) is 3.49. The Morgan fingerprint density at radius 1 is 1.25 bits per heavy atom. The van der Waals surface area contributed by atoms with E-state index in [9.17, 15) is 0 Å². The maximum Gasteiger partial charge on any atom is 0.129 e. The van der Waals surface area contributed by atoms with Gasteiger partial charge in [-0.2, -0.15) is 5.26 Å². The van der Waals surface area contributed by atoms with Gasteiger partial charge in [-0.05, 0) is 37.0 Å². The fourth-order valence-electron chi connectivity index (χ4n) is 1.73. The lowest BCUT2D eigenvalue weighted by Gasteiger charge is -2.07. The molecule has 0 bridgehead atoms. The van der Waals surface area contributed by atoms with Crippen molar-refractivity contribution in [3.8, 4) is 6.07 Å². The molecule has 108 valence electrons. The van der Waals surface area contributed by atoms with Gasteiger partial charge >= 0.3 is 0 Å². The van der Waals surface area contributed by atoms with Gasteiger partial charge in [-0.1, -0.05) is 35.3 Å². The highest BCUT2D eigenvalue weighted by Crippen LogP contribution is 2.14. The Morgan fingerprint density at radius 2 is 2.00 bits per heavy atom. The van der Waals surface area contributed by atoms with Crippen molar-refractivity contribution in [1.82, 2.24) is 0 Å². The zero-order valence-electron chi connectivity index (χ0n) is 11.5. The van der Waals surface area contributed by atoms with Gasteiger partial charge in [-0.15, -0.1) is 0 Å². The fraction of sp³-hybridized carbons (Fsp3) is 0.467. The maximum atomic E-state index is 8.50. The van der Waals surface area contributed by atoms with Crippen molar-refractivity contribution in [3.63, 3.8) is 0 Å². The first-order valence-electron chi connectivity index (χ1n) is 6.79. The third kappa shape index (κ3) is 6.55. The van der Waals surface area contributed by atoms with Gasteiger partial charge in [0, 0.05) is 18.0 Å². The smallest absolute Gasteiger partial charge is 0.129 e. The summed E-state index contributed by atoms with van der Waals surface area (Å²) in [6.45, 7) is 0.852. The molecule has 0 radical (unpaired) electrons. The van der Waals surface area contributed by atoms with E-state index in [0.29, 0.717) is 24.6 Å². The number of halogens is 1. The first kappa shape index (κ1) is 16.5. The van der Waals surface area contributed by atoms with E-state index in [1.807, 2.05) is 24.3 Å². The first-order valence-corrected chi connectivity index (χ1v) is 7.17. The minimum absolute atomic E-state index is 0.408. The molecule has 0 aliphatic carbocycles. The second kappa shape index (κ2) is 10.2. The molecule has 0 spiro atoms. The molecule has 0 fully saturated rings. The van der Waals surface area contributed by atoms with Gasteiger partial charge in [0.05, 0.1) is 11.8 Å². The summed E-state index contributed by atoms with van der Waals surface area (Å²) in [4.78, 5) is 5.19. The van der Waals surface area contributed by atoms with Crippen LogP contribution in [0.4, 0.5) is 0 Å². The molecule has 20 heavy (non-hydrogen) atoms. The fourth-order valence-corrected chi connectivity index (χ4v) is 1.86. The summed E-state index contributed by atoms with van der Waals surface area (Å²) in [7, 11) is 0. The highest BCUT2D eigenvalue weighted by atomic mass is 35.5. The Kier molecular flexibility index (Phi) is 8.44. The van der Waals surface area contributed by atoms with Crippen molar-refractivity contribution in [3.05, 3.63) is 34.9 Å². The Hall–Kier alpha value is -1.57. The van der Waals surface area contributed by atoms with Crippen LogP contribution in [-0.2, 0) is 4.84 Å². The van der Waals surface area contributed by atoms with E-state index < -0.39 is 0 Å². The van der Waals surface area contributed by atoms with Crippen LogP contribution in [0.5, 0.6) is 0 Å². The van der Waals surface area contributed by atoms with Crippen molar-refractivity contribution in [2.45, 2.75) is 32.1 Å². The topological polar surface area (TPSA) is 71.4 Å². The van der Waals surface area contributed by atoms with Gasteiger partial charge in [0.1, 0.15) is 6.61 Å². The zero-order chi connectivity index (χ0) is 14.6. The standard InChI is InChI=1S/C15H20ClN3O/c16-14-8-6-13(7-9-14)15(19-20-12-11-18)5-3-1-2-4-10-17/h6-9H,1-5,11-12,18H2. The van der Waals surface area contributed by atoms with Crippen LogP contribution in [0, 0.1) is 11.3 Å². The molecule has 0 saturated heterocycles. The van der Waals surface area contributed by atoms with Crippen LogP contribution in [0.2, 0.25) is 5.02 Å². The summed E-state index contributed by atoms with van der Waals surface area (Å²) in [6, 6.07) is 9.69. The number of rotatable bonds is 9. The van der Waals surface area contributed by atoms with Crippen molar-refractivity contribution in [1.29, 1.82) is 5.26 Å². The van der Waals surface area contributed by atoms with Crippen molar-refractivity contribution in [2.24, 2.45) is 10.9 Å². The van der Waals surface area contributed by atoms with Crippen LogP contribution in [-0.4, -0.2) is 18.9 Å². The molecule has 0 aliphatic heterocycles. The summed E-state index contributed by atoms with van der Waals surface area (Å²) in [5, 5.41) is 13.4. The van der Waals surface area contributed by atoms with Crippen LogP contribution in [0.25, 0.3) is 0 Å². The highest BCUT2D eigenvalue weighted by Gasteiger charge is 2.05. The molecule has 0 unspecified atom stereocenters. The van der Waals surface area contributed by atoms with Gasteiger partial charge < -0.3 is 10.6 Å². The number of nitriles is 1. The first-order chi connectivity index (χ1) is 9.77. The normalized spacial score (nSPS) is 11.2. The van der Waals surface area contributed by atoms with Gasteiger partial charge in [-0.3, -0.25) is 0 Å². The summed E-state index contributed by atoms with van der Waals surface area (Å²) in [6.07, 6.45) is 4.34. The molecule has 1 rings (SSSR count). The van der Waals surface area contributed by atoms with E-state index in [2.05, 4.69) is 11.2 Å². The Balaban J connectivity index is 2.58. The van der Waals surface area contributed by atoms with Gasteiger partial charge in [0.2, 0.25) is 0 Å². The molecule has 1 aromatic rings. The second-order valence-corrected chi connectivity index (χ2v) is 4.82. The predicted molar refractivity (Wildman–Crippen MR) is 81.7 cm³/mol. The number of nitrogens with zero attached hydrogens (tertiary/aromatic N) is 2. The quantitative estimate of drug-likeness (QED) is 0.430. The molecule has 0 heterocycles. The van der Waals surface area contributed by atoms with E-state index >= 15 is 0 Å². The number of hydrogen-bond acceptors (Lipinski definition) is 4. The van der Waals surface area contributed by atoms with Crippen LogP contribution in [0.1, 0.15) is 37.7 Å². The van der Waals surface area contributed by atoms with E-state index in [1.165, 1.54) is 0 Å². The number of benzene rings is 1. The van der Waals surface area contributed by atoms with Gasteiger partial charge in [-0.25, -0.2) is 0 Å². The molecule has 0 amide bonds. The van der Waals surface area contributed by atoms with Crippen molar-refractivity contribution < 1.29 is 4.84 Å². The Labute approximate surface area is 125 Å². The minimum atomic E-state index is 0.408. The second-order valence-electron chi connectivity index (χ2n) is 4.39. The Bertz CT molecular complexity index is 451. The Morgan fingerprint density at radius 3 is 2.65 bits per heavy atom. The maximum absolute atomic E-state index is 8.50. The average molecular weight is 294 g/mol. The summed E-state index contributed by atoms with van der Waals surface area (Å²) in [5.74, 6) is 0. The lowest BCUT2D eigenvalue weighted by Crippen LogP contribution is -2.08. The van der Waals surface area contributed by atoms with Crippen LogP contribution >= 0.6 is 11.6 Å². The van der Waals surface area contributed by atoms with Gasteiger partial charge in [0.15, 0.2) is 0 Å². The van der Waals surface area contributed by atoms with Crippen LogP contribution in [0.15, 0.2) is 29.4 Å². The van der Waals surface area contributed by atoms with E-state index in [4.69, 9.17) is 27.4 Å². The van der Waals surface area contributed by atoms with Crippen LogP contribution < -0.4 is 5.73 Å². The lowest BCUT2D eigenvalue weighted by atomic mass is 10.0. The van der Waals surface area contributed by atoms with Gasteiger partial charge in [0.25, 0.3) is 0 Å². The molecular weight excluding hydrogens is 274 g/mol. The SMILES string of the molecule is N#CCCCCCC(=NOCCN)c1ccc(Cl)cc1. The number of nitrogens with two attached hydrogens (primary N) is 1. The molecule has 5 heteroatoms. The number of unbranched alkanes of at least 4 members (excludes halogenated alkanes) is 3. The average Bonchev–Trinajstić information content (AvgIpc) is 2.46. The third-order valence-electron chi connectivity index (χ3n) is 2.76. The minimum Gasteiger partial charge on any atom is -0.394 e. The van der Waals surface area contributed by atoms with Crippen molar-refractivity contribution in [2.75, 3.05) is 13.2 Å². The lowest BCUT2D eigenvalue weighted by molar-refractivity contribution is 0.152.